The third kappa shape index (κ3) is 5.95. The molecule has 1 heterocycles. The summed E-state index contributed by atoms with van der Waals surface area (Å²) in [6.07, 6.45) is 1.87. The summed E-state index contributed by atoms with van der Waals surface area (Å²) in [6, 6.07) is 14.7. The third-order valence-corrected chi connectivity index (χ3v) is 6.93. The predicted molar refractivity (Wildman–Crippen MR) is 118 cm³/mol. The maximum atomic E-state index is 12.6. The van der Waals surface area contributed by atoms with Gasteiger partial charge in [0, 0.05) is 31.2 Å². The first-order valence-corrected chi connectivity index (χ1v) is 11.7. The molecule has 0 atom stereocenters. The van der Waals surface area contributed by atoms with Crippen molar-refractivity contribution in [1.29, 1.82) is 0 Å². The lowest BCUT2D eigenvalue weighted by molar-refractivity contribution is 0.477. The molecule has 6 nitrogen and oxygen atoms in total. The number of hydrogen-bond acceptors (Lipinski definition) is 3. The lowest BCUT2D eigenvalue weighted by atomic mass is 10.2. The summed E-state index contributed by atoms with van der Waals surface area (Å²) in [5.74, 6) is 0.705. The van der Waals surface area contributed by atoms with E-state index in [2.05, 4.69) is 15.6 Å². The highest BCUT2D eigenvalue weighted by atomic mass is 35.5. The van der Waals surface area contributed by atoms with E-state index in [1.807, 2.05) is 43.3 Å². The second-order valence-corrected chi connectivity index (χ2v) is 9.30. The molecule has 1 fully saturated rings. The molecular formula is C21H27ClN4O2S. The molecule has 0 saturated carbocycles. The Morgan fingerprint density at radius 1 is 1.00 bits per heavy atom. The molecule has 1 aliphatic rings. The Balaban J connectivity index is 1.60. The molecule has 156 valence electrons. The van der Waals surface area contributed by atoms with Crippen LogP contribution in [-0.4, -0.2) is 38.3 Å². The maximum absolute atomic E-state index is 12.6. The molecule has 2 N–H and O–H groups in total. The van der Waals surface area contributed by atoms with Crippen LogP contribution in [0.5, 0.6) is 0 Å². The van der Waals surface area contributed by atoms with E-state index in [0.29, 0.717) is 42.1 Å². The van der Waals surface area contributed by atoms with Crippen molar-refractivity contribution in [1.82, 2.24) is 14.9 Å². The molecule has 0 aliphatic carbocycles. The number of hydrogen-bond donors (Lipinski definition) is 2. The fourth-order valence-electron chi connectivity index (χ4n) is 3.14. The van der Waals surface area contributed by atoms with Gasteiger partial charge in [-0.25, -0.2) is 13.4 Å². The van der Waals surface area contributed by atoms with Crippen LogP contribution in [0.2, 0.25) is 5.02 Å². The van der Waals surface area contributed by atoms with Crippen LogP contribution in [0, 0.1) is 0 Å². The molecule has 0 amide bonds. The summed E-state index contributed by atoms with van der Waals surface area (Å²) in [6.45, 7) is 5.08. The second-order valence-electron chi connectivity index (χ2n) is 6.93. The van der Waals surface area contributed by atoms with Gasteiger partial charge in [0.15, 0.2) is 5.96 Å². The van der Waals surface area contributed by atoms with Crippen LogP contribution in [0.4, 0.5) is 0 Å². The smallest absolute Gasteiger partial charge is 0.243 e. The van der Waals surface area contributed by atoms with Gasteiger partial charge in [0.2, 0.25) is 10.0 Å². The van der Waals surface area contributed by atoms with Crippen LogP contribution in [0.15, 0.2) is 58.4 Å². The molecule has 1 saturated heterocycles. The van der Waals surface area contributed by atoms with Crippen LogP contribution < -0.4 is 10.6 Å². The molecular weight excluding hydrogens is 408 g/mol. The van der Waals surface area contributed by atoms with Crippen LogP contribution in [0.3, 0.4) is 0 Å². The molecule has 0 bridgehead atoms. The molecule has 0 unspecified atom stereocenters. The molecule has 1 aliphatic heterocycles. The average molecular weight is 435 g/mol. The fourth-order valence-corrected chi connectivity index (χ4v) is 4.79. The highest BCUT2D eigenvalue weighted by molar-refractivity contribution is 7.89. The minimum Gasteiger partial charge on any atom is -0.357 e. The number of guanidine groups is 1. The van der Waals surface area contributed by atoms with Crippen molar-refractivity contribution in [3.05, 3.63) is 64.7 Å². The van der Waals surface area contributed by atoms with Crippen molar-refractivity contribution in [2.24, 2.45) is 4.99 Å². The largest absolute Gasteiger partial charge is 0.357 e. The third-order valence-electron chi connectivity index (χ3n) is 4.76. The predicted octanol–water partition coefficient (Wildman–Crippen LogP) is 3.38. The number of benzene rings is 2. The molecule has 29 heavy (non-hydrogen) atoms. The van der Waals surface area contributed by atoms with Crippen molar-refractivity contribution in [2.45, 2.75) is 37.8 Å². The summed E-state index contributed by atoms with van der Waals surface area (Å²) in [4.78, 5) is 4.94. The standard InChI is InChI=1S/C21H27ClN4O2S/c1-2-23-21(24-15-17-5-9-19(22)10-6-17)25-16-18-7-11-20(12-8-18)29(27,28)26-13-3-4-14-26/h5-12H,2-4,13-16H2,1H3,(H2,23,24,25). The Bertz CT molecular complexity index is 922. The number of aliphatic imine (C=N–C) groups is 1. The summed E-state index contributed by atoms with van der Waals surface area (Å²) in [5, 5.41) is 7.21. The quantitative estimate of drug-likeness (QED) is 0.517. The Labute approximate surface area is 178 Å². The Hall–Kier alpha value is -2.09. The van der Waals surface area contributed by atoms with Gasteiger partial charge in [-0.2, -0.15) is 4.31 Å². The number of halogens is 1. The van der Waals surface area contributed by atoms with Gasteiger partial charge >= 0.3 is 0 Å². The Morgan fingerprint density at radius 2 is 1.62 bits per heavy atom. The van der Waals surface area contributed by atoms with Gasteiger partial charge < -0.3 is 10.6 Å². The van der Waals surface area contributed by atoms with Crippen LogP contribution in [0.1, 0.15) is 30.9 Å². The Morgan fingerprint density at radius 3 is 2.24 bits per heavy atom. The van der Waals surface area contributed by atoms with E-state index in [-0.39, 0.29) is 0 Å². The number of sulfonamides is 1. The zero-order chi connectivity index (χ0) is 20.7. The Kier molecular flexibility index (Phi) is 7.52. The van der Waals surface area contributed by atoms with E-state index in [1.54, 1.807) is 16.4 Å². The van der Waals surface area contributed by atoms with E-state index in [4.69, 9.17) is 11.6 Å². The van der Waals surface area contributed by atoms with Crippen molar-refractivity contribution in [3.8, 4) is 0 Å². The van der Waals surface area contributed by atoms with Crippen LogP contribution in [-0.2, 0) is 23.1 Å². The van der Waals surface area contributed by atoms with Gasteiger partial charge in [0.25, 0.3) is 0 Å². The number of nitrogens with one attached hydrogen (secondary N) is 2. The molecule has 0 aromatic heterocycles. The van der Waals surface area contributed by atoms with E-state index in [0.717, 1.165) is 30.5 Å². The minimum atomic E-state index is -3.37. The zero-order valence-corrected chi connectivity index (χ0v) is 18.1. The zero-order valence-electron chi connectivity index (χ0n) is 16.6. The van der Waals surface area contributed by atoms with Crippen LogP contribution in [0.25, 0.3) is 0 Å². The van der Waals surface area contributed by atoms with Gasteiger partial charge in [-0.05, 0) is 55.2 Å². The second kappa shape index (κ2) is 10.1. The molecule has 3 rings (SSSR count). The summed E-state index contributed by atoms with van der Waals surface area (Å²) in [7, 11) is -3.37. The van der Waals surface area contributed by atoms with E-state index < -0.39 is 10.0 Å². The topological polar surface area (TPSA) is 73.8 Å². The first-order chi connectivity index (χ1) is 14.0. The number of nitrogens with zero attached hydrogens (tertiary/aromatic N) is 2. The highest BCUT2D eigenvalue weighted by Crippen LogP contribution is 2.21. The lowest BCUT2D eigenvalue weighted by Gasteiger charge is -2.16. The van der Waals surface area contributed by atoms with Gasteiger partial charge in [-0.15, -0.1) is 0 Å². The summed E-state index contributed by atoms with van der Waals surface area (Å²) < 4.78 is 26.8. The van der Waals surface area contributed by atoms with Gasteiger partial charge in [-0.3, -0.25) is 0 Å². The molecule has 2 aromatic rings. The number of rotatable bonds is 7. The molecule has 0 spiro atoms. The maximum Gasteiger partial charge on any atom is 0.243 e. The minimum absolute atomic E-state index is 0.353. The fraction of sp³-hybridized carbons (Fsp3) is 0.381. The van der Waals surface area contributed by atoms with Crippen LogP contribution >= 0.6 is 11.6 Å². The van der Waals surface area contributed by atoms with Gasteiger partial charge in [0.05, 0.1) is 11.4 Å². The highest BCUT2D eigenvalue weighted by Gasteiger charge is 2.26. The van der Waals surface area contributed by atoms with E-state index in [9.17, 15) is 8.42 Å². The van der Waals surface area contributed by atoms with Crippen molar-refractivity contribution in [3.63, 3.8) is 0 Å². The molecule has 8 heteroatoms. The SMILES string of the molecule is CCNC(=NCc1ccc(Cl)cc1)NCc1ccc(S(=O)(=O)N2CCCC2)cc1. The molecule has 2 aromatic carbocycles. The van der Waals surface area contributed by atoms with E-state index >= 15 is 0 Å². The monoisotopic (exact) mass is 434 g/mol. The average Bonchev–Trinajstić information content (AvgIpc) is 3.27. The van der Waals surface area contributed by atoms with Gasteiger partial charge in [-0.1, -0.05) is 35.9 Å². The van der Waals surface area contributed by atoms with Crippen molar-refractivity contribution in [2.75, 3.05) is 19.6 Å². The van der Waals surface area contributed by atoms with Crippen molar-refractivity contribution < 1.29 is 8.42 Å². The summed E-state index contributed by atoms with van der Waals surface area (Å²) in [5.41, 5.74) is 2.06. The first-order valence-electron chi connectivity index (χ1n) is 9.85. The van der Waals surface area contributed by atoms with E-state index in [1.165, 1.54) is 0 Å². The first kappa shape index (κ1) is 21.6. The lowest BCUT2D eigenvalue weighted by Crippen LogP contribution is -2.36. The normalized spacial score (nSPS) is 15.4. The van der Waals surface area contributed by atoms with Gasteiger partial charge in [0.1, 0.15) is 0 Å². The molecule has 0 radical (unpaired) electrons. The van der Waals surface area contributed by atoms with Crippen molar-refractivity contribution >= 4 is 27.6 Å². The summed E-state index contributed by atoms with van der Waals surface area (Å²) >= 11 is 5.92.